The number of carbonyl (C=O) groups is 1. The van der Waals surface area contributed by atoms with Crippen molar-refractivity contribution in [3.63, 3.8) is 0 Å². The van der Waals surface area contributed by atoms with Crippen molar-refractivity contribution in [2.45, 2.75) is 25.8 Å². The second-order valence-corrected chi connectivity index (χ2v) is 5.77. The van der Waals surface area contributed by atoms with Crippen molar-refractivity contribution in [1.29, 1.82) is 0 Å². The second kappa shape index (κ2) is 6.71. The van der Waals surface area contributed by atoms with Crippen LogP contribution in [0.5, 0.6) is 0 Å². The first-order valence-electron chi connectivity index (χ1n) is 7.23. The number of likely N-dealkylation sites (N-methyl/N-ethyl adjacent to an activating group) is 1. The van der Waals surface area contributed by atoms with E-state index in [2.05, 4.69) is 53.6 Å². The van der Waals surface area contributed by atoms with Crippen molar-refractivity contribution in [1.82, 2.24) is 10.2 Å². The van der Waals surface area contributed by atoms with Gasteiger partial charge in [-0.05, 0) is 39.4 Å². The second-order valence-electron chi connectivity index (χ2n) is 5.77. The van der Waals surface area contributed by atoms with Gasteiger partial charge < -0.3 is 10.2 Å². The number of hydrogen-bond donors (Lipinski definition) is 1. The predicted octanol–water partition coefficient (Wildman–Crippen LogP) is 2.68. The molecule has 1 atom stereocenters. The van der Waals surface area contributed by atoms with E-state index in [0.717, 1.165) is 12.8 Å². The van der Waals surface area contributed by atoms with Crippen LogP contribution in [0.15, 0.2) is 36.4 Å². The van der Waals surface area contributed by atoms with Crippen LogP contribution in [0.25, 0.3) is 0 Å². The molecule has 1 aliphatic carbocycles. The van der Waals surface area contributed by atoms with E-state index in [0.29, 0.717) is 6.54 Å². The summed E-state index contributed by atoms with van der Waals surface area (Å²) in [6.07, 6.45) is 5.94. The van der Waals surface area contributed by atoms with Crippen LogP contribution in [-0.4, -0.2) is 31.4 Å². The lowest BCUT2D eigenvalue weighted by atomic mass is 10.0. The lowest BCUT2D eigenvalue weighted by Gasteiger charge is -2.26. The summed E-state index contributed by atoms with van der Waals surface area (Å²) < 4.78 is 0. The summed E-state index contributed by atoms with van der Waals surface area (Å²) in [4.78, 5) is 14.2. The minimum absolute atomic E-state index is 0.135. The third kappa shape index (κ3) is 3.70. The summed E-state index contributed by atoms with van der Waals surface area (Å²) in [5, 5.41) is 3.10. The zero-order valence-corrected chi connectivity index (χ0v) is 12.6. The third-order valence-electron chi connectivity index (χ3n) is 3.93. The Labute approximate surface area is 121 Å². The number of allylic oxidation sites excluding steroid dienone is 2. The number of rotatable bonds is 5. The van der Waals surface area contributed by atoms with E-state index < -0.39 is 0 Å². The Morgan fingerprint density at radius 3 is 2.40 bits per heavy atom. The number of benzene rings is 1. The van der Waals surface area contributed by atoms with Crippen LogP contribution in [0.2, 0.25) is 0 Å². The minimum atomic E-state index is 0.135. The van der Waals surface area contributed by atoms with Gasteiger partial charge in [0.2, 0.25) is 5.91 Å². The van der Waals surface area contributed by atoms with E-state index in [1.54, 1.807) is 0 Å². The normalized spacial score (nSPS) is 16.6. The molecule has 0 radical (unpaired) electrons. The molecule has 0 fully saturated rings. The average Bonchev–Trinajstić information content (AvgIpc) is 2.94. The number of nitrogens with zero attached hydrogens (tertiary/aromatic N) is 1. The van der Waals surface area contributed by atoms with Crippen LogP contribution in [0.1, 0.15) is 30.0 Å². The molecule has 0 aromatic heterocycles. The van der Waals surface area contributed by atoms with Crippen molar-refractivity contribution in [3.05, 3.63) is 47.5 Å². The number of amides is 1. The monoisotopic (exact) mass is 272 g/mol. The Balaban J connectivity index is 1.95. The van der Waals surface area contributed by atoms with Crippen LogP contribution in [0.3, 0.4) is 0 Å². The van der Waals surface area contributed by atoms with Crippen LogP contribution in [0, 0.1) is 12.8 Å². The van der Waals surface area contributed by atoms with Gasteiger partial charge in [0.05, 0.1) is 6.04 Å². The Morgan fingerprint density at radius 2 is 1.85 bits per heavy atom. The first kappa shape index (κ1) is 14.8. The molecule has 0 spiro atoms. The molecule has 1 aromatic carbocycles. The van der Waals surface area contributed by atoms with Gasteiger partial charge in [0.25, 0.3) is 0 Å². The quantitative estimate of drug-likeness (QED) is 0.836. The summed E-state index contributed by atoms with van der Waals surface area (Å²) in [6.45, 7) is 2.74. The van der Waals surface area contributed by atoms with Gasteiger partial charge in [0, 0.05) is 12.5 Å². The number of carbonyl (C=O) groups excluding carboxylic acids is 1. The highest BCUT2D eigenvalue weighted by Crippen LogP contribution is 2.20. The first-order chi connectivity index (χ1) is 9.58. The van der Waals surface area contributed by atoms with Crippen molar-refractivity contribution in [2.75, 3.05) is 20.6 Å². The minimum Gasteiger partial charge on any atom is -0.354 e. The molecule has 3 heteroatoms. The number of aryl methyl sites for hydroxylation is 1. The predicted molar refractivity (Wildman–Crippen MR) is 82.5 cm³/mol. The molecule has 0 saturated carbocycles. The molecule has 0 heterocycles. The molecule has 0 saturated heterocycles. The lowest BCUT2D eigenvalue weighted by Crippen LogP contribution is -2.37. The molecule has 3 nitrogen and oxygen atoms in total. The fourth-order valence-electron chi connectivity index (χ4n) is 2.56. The van der Waals surface area contributed by atoms with Crippen molar-refractivity contribution < 1.29 is 4.79 Å². The van der Waals surface area contributed by atoms with E-state index in [9.17, 15) is 4.79 Å². The fourth-order valence-corrected chi connectivity index (χ4v) is 2.56. The Hall–Kier alpha value is -1.61. The van der Waals surface area contributed by atoms with Crippen molar-refractivity contribution >= 4 is 5.91 Å². The Kier molecular flexibility index (Phi) is 4.96. The highest BCUT2D eigenvalue weighted by Gasteiger charge is 2.21. The molecule has 1 amide bonds. The highest BCUT2D eigenvalue weighted by atomic mass is 16.1. The summed E-state index contributed by atoms with van der Waals surface area (Å²) in [7, 11) is 4.10. The van der Waals surface area contributed by atoms with Crippen molar-refractivity contribution in [3.8, 4) is 0 Å². The maximum atomic E-state index is 12.1. The molecule has 1 aromatic rings. The van der Waals surface area contributed by atoms with Crippen LogP contribution < -0.4 is 5.32 Å². The highest BCUT2D eigenvalue weighted by molar-refractivity contribution is 5.79. The SMILES string of the molecule is Cc1ccc(C(CNC(=O)C2CC=CC2)N(C)C)cc1. The number of nitrogens with one attached hydrogen (secondary N) is 1. The molecular weight excluding hydrogens is 248 g/mol. The summed E-state index contributed by atoms with van der Waals surface area (Å²) in [6, 6.07) is 8.74. The average molecular weight is 272 g/mol. The summed E-state index contributed by atoms with van der Waals surface area (Å²) >= 11 is 0. The van der Waals surface area contributed by atoms with Gasteiger partial charge >= 0.3 is 0 Å². The van der Waals surface area contributed by atoms with Crippen molar-refractivity contribution in [2.24, 2.45) is 5.92 Å². The molecule has 1 aliphatic rings. The Bertz CT molecular complexity index is 468. The van der Waals surface area contributed by atoms with Gasteiger partial charge in [-0.15, -0.1) is 0 Å². The molecular formula is C17H24N2O. The summed E-state index contributed by atoms with van der Waals surface area (Å²) in [5.74, 6) is 0.310. The number of hydrogen-bond acceptors (Lipinski definition) is 2. The first-order valence-corrected chi connectivity index (χ1v) is 7.23. The van der Waals surface area contributed by atoms with Gasteiger partial charge in [-0.25, -0.2) is 0 Å². The fraction of sp³-hybridized carbons (Fsp3) is 0.471. The largest absolute Gasteiger partial charge is 0.354 e. The van der Waals surface area contributed by atoms with Crippen LogP contribution in [0.4, 0.5) is 0 Å². The van der Waals surface area contributed by atoms with E-state index >= 15 is 0 Å². The zero-order valence-electron chi connectivity index (χ0n) is 12.6. The molecule has 108 valence electrons. The third-order valence-corrected chi connectivity index (χ3v) is 3.93. The maximum Gasteiger partial charge on any atom is 0.223 e. The van der Waals surface area contributed by atoms with Gasteiger partial charge in [0.15, 0.2) is 0 Å². The van der Waals surface area contributed by atoms with E-state index in [-0.39, 0.29) is 17.9 Å². The van der Waals surface area contributed by atoms with E-state index in [1.807, 2.05) is 14.1 Å². The van der Waals surface area contributed by atoms with Gasteiger partial charge in [0.1, 0.15) is 0 Å². The molecule has 20 heavy (non-hydrogen) atoms. The van der Waals surface area contributed by atoms with Gasteiger partial charge in [-0.1, -0.05) is 42.0 Å². The van der Waals surface area contributed by atoms with Gasteiger partial charge in [-0.3, -0.25) is 4.79 Å². The molecule has 2 rings (SSSR count). The zero-order chi connectivity index (χ0) is 14.5. The van der Waals surface area contributed by atoms with Gasteiger partial charge in [-0.2, -0.15) is 0 Å². The standard InChI is InChI=1S/C17H24N2O/c1-13-8-10-14(11-9-13)16(19(2)3)12-18-17(20)15-6-4-5-7-15/h4-5,8-11,15-16H,6-7,12H2,1-3H3,(H,18,20). The van der Waals surface area contributed by atoms with E-state index in [4.69, 9.17) is 0 Å². The topological polar surface area (TPSA) is 32.3 Å². The lowest BCUT2D eigenvalue weighted by molar-refractivity contribution is -0.124. The van der Waals surface area contributed by atoms with Crippen LogP contribution >= 0.6 is 0 Å². The maximum absolute atomic E-state index is 12.1. The molecule has 1 N–H and O–H groups in total. The smallest absolute Gasteiger partial charge is 0.223 e. The molecule has 0 bridgehead atoms. The summed E-state index contributed by atoms with van der Waals surface area (Å²) in [5.41, 5.74) is 2.50. The molecule has 1 unspecified atom stereocenters. The van der Waals surface area contributed by atoms with E-state index in [1.165, 1.54) is 11.1 Å². The molecule has 0 aliphatic heterocycles. The van der Waals surface area contributed by atoms with Crippen LogP contribution in [-0.2, 0) is 4.79 Å². The Morgan fingerprint density at radius 1 is 1.25 bits per heavy atom.